The van der Waals surface area contributed by atoms with Gasteiger partial charge < -0.3 is 20.5 Å². The van der Waals surface area contributed by atoms with E-state index < -0.39 is 23.9 Å². The maximum absolute atomic E-state index is 11.8. The minimum absolute atomic E-state index is 0.196. The quantitative estimate of drug-likeness (QED) is 0.320. The molecule has 0 aromatic carbocycles. The molecule has 1 atom stereocenters. The molecule has 0 aromatic heterocycles. The first kappa shape index (κ1) is 18.4. The van der Waals surface area contributed by atoms with Crippen molar-refractivity contribution in [1.29, 1.82) is 5.26 Å². The van der Waals surface area contributed by atoms with Crippen LogP contribution in [0.1, 0.15) is 20.8 Å². The van der Waals surface area contributed by atoms with Crippen molar-refractivity contribution < 1.29 is 24.2 Å². The van der Waals surface area contributed by atoms with Crippen LogP contribution < -0.4 is 10.6 Å². The molecule has 1 unspecified atom stereocenters. The van der Waals surface area contributed by atoms with Gasteiger partial charge in [-0.25, -0.2) is 4.79 Å². The van der Waals surface area contributed by atoms with Gasteiger partial charge in [-0.2, -0.15) is 5.26 Å². The molecule has 0 radical (unpaired) electrons. The fraction of sp³-hybridized carbons (Fsp3) is 0.538. The number of esters is 1. The van der Waals surface area contributed by atoms with Crippen LogP contribution in [0.25, 0.3) is 0 Å². The van der Waals surface area contributed by atoms with Crippen LogP contribution in [0.15, 0.2) is 11.8 Å². The molecule has 0 fully saturated rings. The maximum Gasteiger partial charge on any atom is 0.326 e. The van der Waals surface area contributed by atoms with E-state index in [9.17, 15) is 14.4 Å². The second-order valence-corrected chi connectivity index (χ2v) is 4.39. The molecule has 0 spiro atoms. The molecule has 116 valence electrons. The molecule has 0 aliphatic rings. The van der Waals surface area contributed by atoms with Gasteiger partial charge in [0.2, 0.25) is 0 Å². The largest absolute Gasteiger partial charge is 0.480 e. The van der Waals surface area contributed by atoms with Gasteiger partial charge in [0.05, 0.1) is 6.61 Å². The summed E-state index contributed by atoms with van der Waals surface area (Å²) in [6, 6.07) is 0.534. The number of nitriles is 1. The van der Waals surface area contributed by atoms with E-state index in [1.54, 1.807) is 26.8 Å². The molecular weight excluding hydrogens is 278 g/mol. The fourth-order valence-corrected chi connectivity index (χ4v) is 1.33. The Morgan fingerprint density at radius 1 is 1.38 bits per heavy atom. The van der Waals surface area contributed by atoms with Gasteiger partial charge in [-0.3, -0.25) is 9.59 Å². The molecule has 1 amide bonds. The van der Waals surface area contributed by atoms with Crippen molar-refractivity contribution in [3.8, 4) is 6.07 Å². The minimum atomic E-state index is -1.19. The van der Waals surface area contributed by atoms with E-state index in [1.165, 1.54) is 0 Å². The lowest BCUT2D eigenvalue weighted by molar-refractivity contribution is -0.142. The number of hydrogen-bond donors (Lipinski definition) is 3. The SMILES string of the molecule is CCOC(=O)CN/C=C(/C#N)C(=O)NC(C(=O)O)C(C)C. The van der Waals surface area contributed by atoms with Crippen molar-refractivity contribution in [3.05, 3.63) is 11.8 Å². The predicted molar refractivity (Wildman–Crippen MR) is 72.7 cm³/mol. The summed E-state index contributed by atoms with van der Waals surface area (Å²) in [5.74, 6) is -2.87. The third kappa shape index (κ3) is 6.96. The highest BCUT2D eigenvalue weighted by atomic mass is 16.5. The Balaban J connectivity index is 4.65. The molecule has 8 nitrogen and oxygen atoms in total. The van der Waals surface area contributed by atoms with Crippen LogP contribution in [0.5, 0.6) is 0 Å². The predicted octanol–water partition coefficient (Wildman–Crippen LogP) is -0.228. The topological polar surface area (TPSA) is 129 Å². The van der Waals surface area contributed by atoms with Gasteiger partial charge in [0.25, 0.3) is 5.91 Å². The van der Waals surface area contributed by atoms with Gasteiger partial charge in [-0.05, 0) is 12.8 Å². The average Bonchev–Trinajstić information content (AvgIpc) is 2.40. The molecule has 8 heteroatoms. The summed E-state index contributed by atoms with van der Waals surface area (Å²) in [6.45, 7) is 4.95. The summed E-state index contributed by atoms with van der Waals surface area (Å²) in [5.41, 5.74) is -0.328. The van der Waals surface area contributed by atoms with E-state index in [0.29, 0.717) is 0 Å². The minimum Gasteiger partial charge on any atom is -0.480 e. The van der Waals surface area contributed by atoms with Crippen LogP contribution in [0.2, 0.25) is 0 Å². The zero-order valence-electron chi connectivity index (χ0n) is 12.2. The number of rotatable bonds is 8. The standard InChI is InChI=1S/C13H19N3O5/c1-4-21-10(17)7-15-6-9(5-14)12(18)16-11(8(2)3)13(19)20/h6,8,11,15H,4,7H2,1-3H3,(H,16,18)(H,19,20)/b9-6-. The number of ether oxygens (including phenoxy) is 1. The average molecular weight is 297 g/mol. The van der Waals surface area contributed by atoms with E-state index in [1.807, 2.05) is 0 Å². The number of carboxylic acid groups (broad SMARTS) is 1. The number of hydrogen-bond acceptors (Lipinski definition) is 6. The highest BCUT2D eigenvalue weighted by Gasteiger charge is 2.24. The lowest BCUT2D eigenvalue weighted by atomic mass is 10.0. The smallest absolute Gasteiger partial charge is 0.326 e. The Bertz CT molecular complexity index is 465. The summed E-state index contributed by atoms with van der Waals surface area (Å²) in [4.78, 5) is 33.8. The van der Waals surface area contributed by atoms with Gasteiger partial charge in [-0.15, -0.1) is 0 Å². The zero-order valence-corrected chi connectivity index (χ0v) is 12.2. The molecular formula is C13H19N3O5. The van der Waals surface area contributed by atoms with E-state index >= 15 is 0 Å². The van der Waals surface area contributed by atoms with E-state index in [4.69, 9.17) is 10.4 Å². The Morgan fingerprint density at radius 2 is 2.00 bits per heavy atom. The van der Waals surface area contributed by atoms with Gasteiger partial charge in [0, 0.05) is 6.20 Å². The molecule has 21 heavy (non-hydrogen) atoms. The molecule has 0 saturated heterocycles. The molecule has 0 aromatic rings. The van der Waals surface area contributed by atoms with Crippen molar-refractivity contribution in [2.75, 3.05) is 13.2 Å². The Kier molecular flexibility index (Phi) is 8.22. The highest BCUT2D eigenvalue weighted by Crippen LogP contribution is 2.03. The highest BCUT2D eigenvalue weighted by molar-refractivity contribution is 5.99. The Hall–Kier alpha value is -2.56. The summed E-state index contributed by atoms with van der Waals surface area (Å²) in [7, 11) is 0. The van der Waals surface area contributed by atoms with E-state index in [0.717, 1.165) is 6.20 Å². The summed E-state index contributed by atoms with van der Waals surface area (Å²) < 4.78 is 4.65. The van der Waals surface area contributed by atoms with Crippen molar-refractivity contribution in [2.45, 2.75) is 26.8 Å². The number of aliphatic carboxylic acids is 1. The zero-order chi connectivity index (χ0) is 16.4. The van der Waals surface area contributed by atoms with Gasteiger partial charge in [0.1, 0.15) is 24.2 Å². The molecule has 0 heterocycles. The monoisotopic (exact) mass is 297 g/mol. The lowest BCUT2D eigenvalue weighted by Gasteiger charge is -2.17. The molecule has 3 N–H and O–H groups in total. The molecule has 0 aliphatic carbocycles. The second kappa shape index (κ2) is 9.36. The van der Waals surface area contributed by atoms with Crippen LogP contribution in [-0.2, 0) is 19.1 Å². The summed E-state index contributed by atoms with van der Waals surface area (Å²) in [6.07, 6.45) is 1.05. The van der Waals surface area contributed by atoms with Gasteiger partial charge in [-0.1, -0.05) is 13.8 Å². The van der Waals surface area contributed by atoms with Crippen LogP contribution in [-0.4, -0.2) is 42.1 Å². The number of carbonyl (C=O) groups is 3. The normalized spacial score (nSPS) is 12.2. The van der Waals surface area contributed by atoms with Crippen LogP contribution in [0, 0.1) is 17.2 Å². The van der Waals surface area contributed by atoms with Crippen LogP contribution >= 0.6 is 0 Å². The first-order chi connectivity index (χ1) is 9.83. The Labute approximate surface area is 122 Å². The third-order valence-corrected chi connectivity index (χ3v) is 2.38. The maximum atomic E-state index is 11.8. The molecule has 0 rings (SSSR count). The van der Waals surface area contributed by atoms with Crippen LogP contribution in [0.4, 0.5) is 0 Å². The van der Waals surface area contributed by atoms with E-state index in [-0.39, 0.29) is 24.6 Å². The van der Waals surface area contributed by atoms with E-state index in [2.05, 4.69) is 15.4 Å². The Morgan fingerprint density at radius 3 is 2.43 bits per heavy atom. The lowest BCUT2D eigenvalue weighted by Crippen LogP contribution is -2.44. The fourth-order valence-electron chi connectivity index (χ4n) is 1.33. The second-order valence-electron chi connectivity index (χ2n) is 4.39. The van der Waals surface area contributed by atoms with Gasteiger partial charge in [0.15, 0.2) is 0 Å². The molecule has 0 bridgehead atoms. The third-order valence-electron chi connectivity index (χ3n) is 2.38. The molecule has 0 aliphatic heterocycles. The van der Waals surface area contributed by atoms with Crippen molar-refractivity contribution >= 4 is 17.8 Å². The summed E-state index contributed by atoms with van der Waals surface area (Å²) in [5, 5.41) is 22.5. The number of nitrogens with one attached hydrogen (secondary N) is 2. The first-order valence-corrected chi connectivity index (χ1v) is 6.36. The molecule has 0 saturated carbocycles. The number of carbonyl (C=O) groups excluding carboxylic acids is 2. The number of amides is 1. The van der Waals surface area contributed by atoms with Crippen molar-refractivity contribution in [3.63, 3.8) is 0 Å². The van der Waals surface area contributed by atoms with Crippen molar-refractivity contribution in [2.24, 2.45) is 5.92 Å². The number of carboxylic acids is 1. The van der Waals surface area contributed by atoms with Crippen molar-refractivity contribution in [1.82, 2.24) is 10.6 Å². The van der Waals surface area contributed by atoms with Crippen LogP contribution in [0.3, 0.4) is 0 Å². The summed E-state index contributed by atoms with van der Waals surface area (Å²) >= 11 is 0. The first-order valence-electron chi connectivity index (χ1n) is 6.36. The van der Waals surface area contributed by atoms with Gasteiger partial charge >= 0.3 is 11.9 Å². The number of nitrogens with zero attached hydrogens (tertiary/aromatic N) is 1.